The van der Waals surface area contributed by atoms with Crippen molar-refractivity contribution in [2.75, 3.05) is 18.4 Å². The van der Waals surface area contributed by atoms with E-state index in [1.807, 2.05) is 0 Å². The number of hydrogen-bond donors (Lipinski definition) is 2. The lowest BCUT2D eigenvalue weighted by Crippen LogP contribution is -2.55. The molecular formula is C23H20ClFN6O4S. The van der Waals surface area contributed by atoms with Crippen LogP contribution in [0.3, 0.4) is 0 Å². The van der Waals surface area contributed by atoms with Crippen molar-refractivity contribution < 1.29 is 23.6 Å². The Labute approximate surface area is 214 Å². The lowest BCUT2D eigenvalue weighted by Gasteiger charge is -2.37. The third kappa shape index (κ3) is 4.54. The first-order valence-electron chi connectivity index (χ1n) is 11.0. The molecule has 2 aromatic carbocycles. The number of thioether (sulfide) groups is 1. The first-order valence-corrected chi connectivity index (χ1v) is 12.3. The summed E-state index contributed by atoms with van der Waals surface area (Å²) in [6.07, 6.45) is 0.424. The van der Waals surface area contributed by atoms with Crippen LogP contribution in [-0.4, -0.2) is 69.7 Å². The second-order valence-corrected chi connectivity index (χ2v) is 9.59. The molecule has 2 amide bonds. The van der Waals surface area contributed by atoms with Crippen LogP contribution in [0.5, 0.6) is 0 Å². The van der Waals surface area contributed by atoms with Crippen molar-refractivity contribution in [1.82, 2.24) is 10.1 Å². The van der Waals surface area contributed by atoms with Crippen LogP contribution in [0.15, 0.2) is 52.6 Å². The van der Waals surface area contributed by atoms with Gasteiger partial charge >= 0.3 is 5.97 Å². The number of anilines is 1. The minimum atomic E-state index is -0.780. The molecule has 2 aromatic rings. The van der Waals surface area contributed by atoms with Crippen LogP contribution in [-0.2, 0) is 19.2 Å². The fourth-order valence-electron chi connectivity index (χ4n) is 4.08. The van der Waals surface area contributed by atoms with E-state index in [1.165, 1.54) is 27.9 Å². The first kappa shape index (κ1) is 24.2. The smallest absolute Gasteiger partial charge is 0.346 e. The minimum Gasteiger partial charge on any atom is -0.365 e. The van der Waals surface area contributed by atoms with E-state index in [2.05, 4.69) is 15.4 Å². The van der Waals surface area contributed by atoms with Gasteiger partial charge < -0.3 is 15.9 Å². The number of amides is 2. The molecule has 0 bridgehead atoms. The molecule has 5 rings (SSSR count). The topological polar surface area (TPSA) is 130 Å². The van der Waals surface area contributed by atoms with Gasteiger partial charge in [-0.05, 0) is 18.6 Å². The molecule has 13 heteroatoms. The Morgan fingerprint density at radius 2 is 1.97 bits per heavy atom. The summed E-state index contributed by atoms with van der Waals surface area (Å²) in [5.74, 6) is -2.50. The molecule has 0 spiro atoms. The van der Waals surface area contributed by atoms with Gasteiger partial charge in [-0.25, -0.2) is 9.18 Å². The van der Waals surface area contributed by atoms with E-state index in [9.17, 15) is 14.4 Å². The van der Waals surface area contributed by atoms with Gasteiger partial charge in [0.1, 0.15) is 24.0 Å². The molecule has 3 heterocycles. The number of primary amides is 1. The molecule has 3 aliphatic rings. The Morgan fingerprint density at radius 3 is 2.69 bits per heavy atom. The standard InChI is InChI=1S/C23H20ClFN6O4S/c24-14-6-2-1-4-12(14)13-5-3-7-15(18(13)25)28-22(34)16-8-9-31(16)35-17(32)10-30-23-20(27-11-36-23)19(29-30)21(26)33/h1-7,11,16,20,23H,8-10H2,(H2,26,33)(H,28,34)/t16-,20?,23?/m0/s1. The van der Waals surface area contributed by atoms with Gasteiger partial charge in [0.05, 0.1) is 11.2 Å². The lowest BCUT2D eigenvalue weighted by atomic mass is 10.0. The maximum absolute atomic E-state index is 15.2. The number of fused-ring (bicyclic) bond motifs is 1. The maximum Gasteiger partial charge on any atom is 0.346 e. The molecule has 10 nitrogen and oxygen atoms in total. The molecule has 36 heavy (non-hydrogen) atoms. The number of benzene rings is 2. The molecule has 3 aliphatic heterocycles. The number of halogens is 2. The van der Waals surface area contributed by atoms with Crippen LogP contribution in [0.2, 0.25) is 5.02 Å². The van der Waals surface area contributed by atoms with E-state index in [-0.39, 0.29) is 28.9 Å². The number of hydroxylamine groups is 2. The van der Waals surface area contributed by atoms with Crippen molar-refractivity contribution >= 4 is 58.1 Å². The molecule has 0 aromatic heterocycles. The zero-order valence-corrected chi connectivity index (χ0v) is 20.2. The number of carbonyl (C=O) groups excluding carboxylic acids is 3. The summed E-state index contributed by atoms with van der Waals surface area (Å²) in [6, 6.07) is 10.2. The van der Waals surface area contributed by atoms with E-state index in [4.69, 9.17) is 22.2 Å². The van der Waals surface area contributed by atoms with Crippen molar-refractivity contribution in [3.8, 4) is 11.1 Å². The Balaban J connectivity index is 1.21. The fraction of sp³-hybridized carbons (Fsp3) is 0.261. The average molecular weight is 531 g/mol. The Morgan fingerprint density at radius 1 is 1.19 bits per heavy atom. The normalized spacial score (nSPS) is 22.6. The second-order valence-electron chi connectivity index (χ2n) is 8.22. The van der Waals surface area contributed by atoms with Gasteiger partial charge in [-0.15, -0.1) is 5.06 Å². The number of nitrogens with one attached hydrogen (secondary N) is 1. The van der Waals surface area contributed by atoms with E-state index < -0.39 is 35.7 Å². The molecule has 3 atom stereocenters. The van der Waals surface area contributed by atoms with Gasteiger partial charge in [-0.2, -0.15) is 5.10 Å². The van der Waals surface area contributed by atoms with Crippen molar-refractivity contribution in [1.29, 1.82) is 0 Å². The highest BCUT2D eigenvalue weighted by Crippen LogP contribution is 2.34. The minimum absolute atomic E-state index is 0.00900. The first-order chi connectivity index (χ1) is 17.3. The summed E-state index contributed by atoms with van der Waals surface area (Å²) >= 11 is 7.51. The fourth-order valence-corrected chi connectivity index (χ4v) is 5.26. The van der Waals surface area contributed by atoms with Gasteiger partial charge in [0.25, 0.3) is 5.91 Å². The van der Waals surface area contributed by atoms with Gasteiger partial charge in [0.15, 0.2) is 11.5 Å². The molecule has 1 fully saturated rings. The van der Waals surface area contributed by atoms with Gasteiger partial charge in [-0.1, -0.05) is 53.7 Å². The lowest BCUT2D eigenvalue weighted by molar-refractivity contribution is -0.225. The summed E-state index contributed by atoms with van der Waals surface area (Å²) in [7, 11) is 0. The second kappa shape index (κ2) is 9.88. The Hall–Kier alpha value is -3.48. The number of aliphatic imine (C=N–C) groups is 1. The summed E-state index contributed by atoms with van der Waals surface area (Å²) in [5.41, 5.74) is 7.76. The van der Waals surface area contributed by atoms with E-state index in [0.717, 1.165) is 0 Å². The quantitative estimate of drug-likeness (QED) is 0.561. The summed E-state index contributed by atoms with van der Waals surface area (Å²) in [4.78, 5) is 46.5. The molecule has 0 aliphatic carbocycles. The number of nitrogens with zero attached hydrogens (tertiary/aromatic N) is 4. The summed E-state index contributed by atoms with van der Waals surface area (Å²) in [6.45, 7) is 0.0827. The Bertz CT molecular complexity index is 1310. The van der Waals surface area contributed by atoms with Crippen molar-refractivity contribution in [3.05, 3.63) is 53.3 Å². The maximum atomic E-state index is 15.2. The van der Waals surface area contributed by atoms with Crippen LogP contribution in [0.25, 0.3) is 11.1 Å². The molecule has 0 saturated carbocycles. The highest BCUT2D eigenvalue weighted by atomic mass is 35.5. The molecule has 186 valence electrons. The van der Waals surface area contributed by atoms with Crippen LogP contribution < -0.4 is 11.1 Å². The van der Waals surface area contributed by atoms with Crippen molar-refractivity contribution in [2.45, 2.75) is 23.9 Å². The van der Waals surface area contributed by atoms with Crippen molar-refractivity contribution in [3.63, 3.8) is 0 Å². The third-order valence-corrected chi connectivity index (χ3v) is 7.31. The van der Waals surface area contributed by atoms with Crippen LogP contribution in [0.1, 0.15) is 6.42 Å². The van der Waals surface area contributed by atoms with Crippen LogP contribution in [0, 0.1) is 5.82 Å². The van der Waals surface area contributed by atoms with Crippen LogP contribution >= 0.6 is 23.4 Å². The number of nitrogens with two attached hydrogens (primary N) is 1. The van der Waals surface area contributed by atoms with Gasteiger partial charge in [0.2, 0.25) is 5.91 Å². The SMILES string of the molecule is NC(=O)C1=NN(CC(=O)ON2CC[C@H]2C(=O)Nc2cccc(-c3ccccc3Cl)c2F)C2SC=NC12. The summed E-state index contributed by atoms with van der Waals surface area (Å²) in [5, 5.41) is 9.35. The monoisotopic (exact) mass is 530 g/mol. The predicted octanol–water partition coefficient (Wildman–Crippen LogP) is 2.24. The Kier molecular flexibility index (Phi) is 6.65. The molecule has 1 saturated heterocycles. The van der Waals surface area contributed by atoms with E-state index >= 15 is 4.39 Å². The highest BCUT2D eigenvalue weighted by molar-refractivity contribution is 8.12. The molecule has 3 N–H and O–H groups in total. The molecule has 2 unspecified atom stereocenters. The number of hydrogen-bond acceptors (Lipinski definition) is 9. The third-order valence-electron chi connectivity index (χ3n) is 5.96. The molecular weight excluding hydrogens is 511 g/mol. The van der Waals surface area contributed by atoms with E-state index in [1.54, 1.807) is 41.9 Å². The number of hydrazone groups is 1. The number of rotatable bonds is 7. The van der Waals surface area contributed by atoms with E-state index in [0.29, 0.717) is 23.6 Å². The predicted molar refractivity (Wildman–Crippen MR) is 134 cm³/mol. The van der Waals surface area contributed by atoms with Gasteiger partial charge in [-0.3, -0.25) is 19.6 Å². The highest BCUT2D eigenvalue weighted by Gasteiger charge is 2.44. The van der Waals surface area contributed by atoms with Crippen molar-refractivity contribution in [2.24, 2.45) is 15.8 Å². The van der Waals surface area contributed by atoms with Crippen LogP contribution in [0.4, 0.5) is 10.1 Å². The largest absolute Gasteiger partial charge is 0.365 e. The number of carbonyl (C=O) groups is 3. The summed E-state index contributed by atoms with van der Waals surface area (Å²) < 4.78 is 15.2. The average Bonchev–Trinajstić information content (AvgIpc) is 3.43. The zero-order valence-electron chi connectivity index (χ0n) is 18.6. The zero-order chi connectivity index (χ0) is 25.4. The molecule has 0 radical (unpaired) electrons. The van der Waals surface area contributed by atoms with Gasteiger partial charge in [0, 0.05) is 22.7 Å².